The molecule has 3 aromatic carbocycles. The third kappa shape index (κ3) is 4.88. The lowest BCUT2D eigenvalue weighted by Gasteiger charge is -2.26. The van der Waals surface area contributed by atoms with Gasteiger partial charge in [0, 0.05) is 32.0 Å². The molecule has 0 aromatic heterocycles. The molecule has 0 radical (unpaired) electrons. The summed E-state index contributed by atoms with van der Waals surface area (Å²) in [5, 5.41) is 12.6. The van der Waals surface area contributed by atoms with Gasteiger partial charge in [-0.25, -0.2) is 9.63 Å². The summed E-state index contributed by atoms with van der Waals surface area (Å²) < 4.78 is 5.67. The van der Waals surface area contributed by atoms with Crippen LogP contribution in [0.5, 0.6) is 0 Å². The molecule has 0 spiro atoms. The first kappa shape index (κ1) is 23.3. The van der Waals surface area contributed by atoms with Crippen molar-refractivity contribution in [3.63, 3.8) is 0 Å². The van der Waals surface area contributed by atoms with Crippen molar-refractivity contribution in [3.05, 3.63) is 111 Å². The van der Waals surface area contributed by atoms with Crippen LogP contribution in [0.1, 0.15) is 46.4 Å². The Kier molecular flexibility index (Phi) is 6.54. The minimum absolute atomic E-state index is 0.0863. The third-order valence-electron chi connectivity index (χ3n) is 5.83. The molecular weight excluding hydrogens is 436 g/mol. The first-order valence-corrected chi connectivity index (χ1v) is 10.8. The molecule has 0 amide bonds. The number of ketones is 1. The number of rotatable bonds is 7. The lowest BCUT2D eigenvalue weighted by molar-refractivity contribution is -0.384. The number of nitro benzene ring substituents is 1. The van der Waals surface area contributed by atoms with E-state index in [2.05, 4.69) is 0 Å². The summed E-state index contributed by atoms with van der Waals surface area (Å²) in [6.45, 7) is 3.69. The molecule has 1 fully saturated rings. The fourth-order valence-corrected chi connectivity index (χ4v) is 3.89. The van der Waals surface area contributed by atoms with Crippen molar-refractivity contribution in [2.45, 2.75) is 38.6 Å². The molecule has 0 bridgehead atoms. The number of benzene rings is 3. The van der Waals surface area contributed by atoms with Crippen LogP contribution >= 0.6 is 0 Å². The van der Waals surface area contributed by atoms with Gasteiger partial charge in [-0.15, -0.1) is 0 Å². The van der Waals surface area contributed by atoms with Gasteiger partial charge in [-0.3, -0.25) is 14.9 Å². The van der Waals surface area contributed by atoms with Gasteiger partial charge in [0.1, 0.15) is 0 Å². The summed E-state index contributed by atoms with van der Waals surface area (Å²) in [7, 11) is 0. The Bertz CT molecular complexity index is 1190. The van der Waals surface area contributed by atoms with Gasteiger partial charge in [-0.05, 0) is 30.2 Å². The second-order valence-electron chi connectivity index (χ2n) is 8.29. The highest BCUT2D eigenvalue weighted by Gasteiger charge is 2.53. The van der Waals surface area contributed by atoms with Crippen LogP contribution in [-0.2, 0) is 20.9 Å². The van der Waals surface area contributed by atoms with E-state index in [1.54, 1.807) is 5.06 Å². The Morgan fingerprint density at radius 2 is 1.71 bits per heavy atom. The lowest BCUT2D eigenvalue weighted by Crippen LogP contribution is -2.42. The maximum atomic E-state index is 12.9. The highest BCUT2D eigenvalue weighted by atomic mass is 16.8. The number of carbonyl (C=O) groups is 2. The fraction of sp³-hybridized carbons (Fsp3) is 0.231. The average molecular weight is 460 g/mol. The zero-order valence-corrected chi connectivity index (χ0v) is 18.8. The number of esters is 1. The average Bonchev–Trinajstić information content (AvgIpc) is 3.19. The van der Waals surface area contributed by atoms with Crippen LogP contribution in [0, 0.1) is 17.0 Å². The topological polar surface area (TPSA) is 99.0 Å². The Morgan fingerprint density at radius 3 is 2.29 bits per heavy atom. The van der Waals surface area contributed by atoms with Crippen LogP contribution in [-0.4, -0.2) is 27.5 Å². The van der Waals surface area contributed by atoms with E-state index in [0.29, 0.717) is 6.54 Å². The van der Waals surface area contributed by atoms with Crippen molar-refractivity contribution in [3.8, 4) is 0 Å². The summed E-state index contributed by atoms with van der Waals surface area (Å²) in [6, 6.07) is 22.2. The van der Waals surface area contributed by atoms with Gasteiger partial charge in [-0.2, -0.15) is 5.06 Å². The molecule has 1 heterocycles. The monoisotopic (exact) mass is 460 g/mol. The highest BCUT2D eigenvalue weighted by molar-refractivity contribution is 5.93. The van der Waals surface area contributed by atoms with E-state index < -0.39 is 22.5 Å². The fourth-order valence-electron chi connectivity index (χ4n) is 3.89. The quantitative estimate of drug-likeness (QED) is 0.280. The molecule has 8 heteroatoms. The van der Waals surface area contributed by atoms with Crippen molar-refractivity contribution in [1.82, 2.24) is 5.06 Å². The van der Waals surface area contributed by atoms with Crippen molar-refractivity contribution in [2.24, 2.45) is 0 Å². The van der Waals surface area contributed by atoms with E-state index in [0.717, 1.165) is 16.7 Å². The van der Waals surface area contributed by atoms with Gasteiger partial charge in [0.05, 0.1) is 16.5 Å². The molecule has 3 aromatic rings. The van der Waals surface area contributed by atoms with E-state index in [4.69, 9.17) is 9.57 Å². The second kappa shape index (κ2) is 9.54. The zero-order valence-electron chi connectivity index (χ0n) is 18.8. The van der Waals surface area contributed by atoms with Crippen LogP contribution in [0.4, 0.5) is 5.69 Å². The highest BCUT2D eigenvalue weighted by Crippen LogP contribution is 2.43. The van der Waals surface area contributed by atoms with Crippen molar-refractivity contribution in [1.29, 1.82) is 0 Å². The summed E-state index contributed by atoms with van der Waals surface area (Å²) >= 11 is 0. The molecule has 1 aliphatic heterocycles. The standard InChI is InChI=1S/C26H24N2O6/c1-18-8-10-21(11-9-18)24-16-26(19(2)29,34-27(24)17-20-6-4-3-5-7-20)33-25(30)22-12-14-23(15-13-22)28(31)32/h3-15,24H,16-17H2,1-2H3/t24-,26-/m1/s1. The molecule has 2 atom stereocenters. The van der Waals surface area contributed by atoms with Crippen molar-refractivity contribution >= 4 is 17.4 Å². The number of hydroxylamine groups is 2. The number of carbonyl (C=O) groups excluding carboxylic acids is 2. The SMILES string of the molecule is CC(=O)[C@@]1(OC(=O)c2ccc([N+](=O)[O-])cc2)C[C@H](c2ccc(C)cc2)N(Cc2ccccc2)O1. The van der Waals surface area contributed by atoms with E-state index in [-0.39, 0.29) is 23.7 Å². The first-order valence-electron chi connectivity index (χ1n) is 10.8. The van der Waals surface area contributed by atoms with Crippen LogP contribution in [0.25, 0.3) is 0 Å². The number of nitrogens with zero attached hydrogens (tertiary/aromatic N) is 2. The predicted octanol–water partition coefficient (Wildman–Crippen LogP) is 4.92. The molecule has 34 heavy (non-hydrogen) atoms. The van der Waals surface area contributed by atoms with Crippen LogP contribution in [0.3, 0.4) is 0 Å². The number of ether oxygens (including phenoxy) is 1. The van der Waals surface area contributed by atoms with Crippen molar-refractivity contribution < 1.29 is 24.1 Å². The molecular formula is C26H24N2O6. The molecule has 8 nitrogen and oxygen atoms in total. The van der Waals surface area contributed by atoms with Crippen LogP contribution in [0.15, 0.2) is 78.9 Å². The van der Waals surface area contributed by atoms with Gasteiger partial charge in [0.2, 0.25) is 5.78 Å². The van der Waals surface area contributed by atoms with E-state index in [1.807, 2.05) is 61.5 Å². The summed E-state index contributed by atoms with van der Waals surface area (Å²) in [4.78, 5) is 42.1. The molecule has 0 unspecified atom stereocenters. The van der Waals surface area contributed by atoms with Gasteiger partial charge in [0.15, 0.2) is 0 Å². The largest absolute Gasteiger partial charge is 0.420 e. The molecule has 1 aliphatic rings. The zero-order chi connectivity index (χ0) is 24.3. The van der Waals surface area contributed by atoms with E-state index in [9.17, 15) is 19.7 Å². The predicted molar refractivity (Wildman–Crippen MR) is 124 cm³/mol. The van der Waals surface area contributed by atoms with Gasteiger partial charge >= 0.3 is 5.97 Å². The van der Waals surface area contributed by atoms with E-state index in [1.165, 1.54) is 31.2 Å². The van der Waals surface area contributed by atoms with E-state index >= 15 is 0 Å². The number of aryl methyl sites for hydroxylation is 1. The van der Waals surface area contributed by atoms with Gasteiger partial charge < -0.3 is 4.74 Å². The number of nitro groups is 1. The minimum atomic E-state index is -1.82. The first-order chi connectivity index (χ1) is 16.3. The van der Waals surface area contributed by atoms with Crippen molar-refractivity contribution in [2.75, 3.05) is 0 Å². The Morgan fingerprint density at radius 1 is 1.06 bits per heavy atom. The smallest absolute Gasteiger partial charge is 0.341 e. The summed E-state index contributed by atoms with van der Waals surface area (Å²) in [6.07, 6.45) is 0.108. The number of Topliss-reactive ketones (excluding diaryl/α,β-unsaturated/α-hetero) is 1. The second-order valence-corrected chi connectivity index (χ2v) is 8.29. The minimum Gasteiger partial charge on any atom is -0.420 e. The third-order valence-corrected chi connectivity index (χ3v) is 5.83. The number of hydrogen-bond acceptors (Lipinski definition) is 7. The Balaban J connectivity index is 1.64. The van der Waals surface area contributed by atoms with Gasteiger partial charge in [-0.1, -0.05) is 60.2 Å². The summed E-state index contributed by atoms with van der Waals surface area (Å²) in [5.74, 6) is -3.06. The normalized spacial score (nSPS) is 20.1. The Labute approximate surface area is 196 Å². The number of hydrogen-bond donors (Lipinski definition) is 0. The summed E-state index contributed by atoms with van der Waals surface area (Å²) in [5.41, 5.74) is 2.93. The lowest BCUT2D eigenvalue weighted by atomic mass is 9.96. The molecule has 4 rings (SSSR count). The molecule has 1 saturated heterocycles. The number of non-ortho nitro benzene ring substituents is 1. The van der Waals surface area contributed by atoms with Gasteiger partial charge in [0.25, 0.3) is 11.5 Å². The molecule has 0 aliphatic carbocycles. The van der Waals surface area contributed by atoms with Crippen LogP contribution < -0.4 is 0 Å². The Hall–Kier alpha value is -3.88. The molecule has 0 saturated carbocycles. The molecule has 174 valence electrons. The maximum absolute atomic E-state index is 12.9. The maximum Gasteiger partial charge on any atom is 0.341 e. The molecule has 0 N–H and O–H groups in total. The van der Waals surface area contributed by atoms with Crippen LogP contribution in [0.2, 0.25) is 0 Å².